The molecule has 2 atom stereocenters. The third-order valence-corrected chi connectivity index (χ3v) is 3.80. The highest BCUT2D eigenvalue weighted by molar-refractivity contribution is 5.40. The standard InChI is InChI=1S/C15H12F5N3O/c16-10-2-1-8(5-11(10)17)12-6-9(24)7-23(12)14-21-4-3-13(22-14)15(18,19)20/h1-5,9,12,24H,6-7H2/t9-,12+/m1/s1. The van der Waals surface area contributed by atoms with E-state index >= 15 is 0 Å². The highest BCUT2D eigenvalue weighted by Gasteiger charge is 2.37. The first-order chi connectivity index (χ1) is 11.3. The highest BCUT2D eigenvalue weighted by atomic mass is 19.4. The predicted molar refractivity (Wildman–Crippen MR) is 74.1 cm³/mol. The van der Waals surface area contributed by atoms with Crippen LogP contribution in [0.15, 0.2) is 30.5 Å². The first-order valence-electron chi connectivity index (χ1n) is 7.05. The number of aliphatic hydroxyl groups excluding tert-OH is 1. The fourth-order valence-corrected chi connectivity index (χ4v) is 2.72. The van der Waals surface area contributed by atoms with E-state index in [1.54, 1.807) is 0 Å². The Hall–Kier alpha value is -2.29. The Morgan fingerprint density at radius 1 is 1.12 bits per heavy atom. The number of hydrogen-bond acceptors (Lipinski definition) is 4. The van der Waals surface area contributed by atoms with Crippen molar-refractivity contribution in [2.45, 2.75) is 24.7 Å². The van der Waals surface area contributed by atoms with E-state index in [-0.39, 0.29) is 18.9 Å². The van der Waals surface area contributed by atoms with E-state index < -0.39 is 35.7 Å². The van der Waals surface area contributed by atoms with Gasteiger partial charge in [-0.15, -0.1) is 0 Å². The minimum atomic E-state index is -4.63. The summed E-state index contributed by atoms with van der Waals surface area (Å²) in [5.74, 6) is -2.32. The molecule has 1 saturated heterocycles. The summed E-state index contributed by atoms with van der Waals surface area (Å²) in [6.07, 6.45) is -4.36. The van der Waals surface area contributed by atoms with Gasteiger partial charge in [-0.1, -0.05) is 6.07 Å². The van der Waals surface area contributed by atoms with Crippen LogP contribution in [-0.2, 0) is 6.18 Å². The van der Waals surface area contributed by atoms with Crippen LogP contribution in [0.2, 0.25) is 0 Å². The molecule has 3 rings (SSSR count). The van der Waals surface area contributed by atoms with Gasteiger partial charge in [0.05, 0.1) is 12.1 Å². The van der Waals surface area contributed by atoms with Crippen LogP contribution in [0.4, 0.5) is 27.9 Å². The Labute approximate surface area is 133 Å². The number of aliphatic hydroxyl groups is 1. The summed E-state index contributed by atoms with van der Waals surface area (Å²) >= 11 is 0. The van der Waals surface area contributed by atoms with Crippen molar-refractivity contribution in [2.24, 2.45) is 0 Å². The largest absolute Gasteiger partial charge is 0.433 e. The molecule has 9 heteroatoms. The Kier molecular flexibility index (Phi) is 4.12. The van der Waals surface area contributed by atoms with Crippen LogP contribution in [0, 0.1) is 11.6 Å². The minimum Gasteiger partial charge on any atom is -0.391 e. The van der Waals surface area contributed by atoms with Gasteiger partial charge in [0, 0.05) is 12.7 Å². The van der Waals surface area contributed by atoms with Gasteiger partial charge in [0.25, 0.3) is 0 Å². The third-order valence-electron chi connectivity index (χ3n) is 3.80. The van der Waals surface area contributed by atoms with Crippen LogP contribution >= 0.6 is 0 Å². The fraction of sp³-hybridized carbons (Fsp3) is 0.333. The van der Waals surface area contributed by atoms with Crippen molar-refractivity contribution in [2.75, 3.05) is 11.4 Å². The Morgan fingerprint density at radius 2 is 1.88 bits per heavy atom. The second kappa shape index (κ2) is 5.97. The molecule has 0 unspecified atom stereocenters. The maximum absolute atomic E-state index is 13.4. The second-order valence-electron chi connectivity index (χ2n) is 5.47. The van der Waals surface area contributed by atoms with Gasteiger partial charge in [-0.25, -0.2) is 18.7 Å². The SMILES string of the molecule is O[C@@H]1C[C@@H](c2ccc(F)c(F)c2)N(c2nccc(C(F)(F)F)n2)C1. The zero-order valence-corrected chi connectivity index (χ0v) is 12.1. The molecule has 0 radical (unpaired) electrons. The molecule has 1 aliphatic heterocycles. The third kappa shape index (κ3) is 3.16. The molecule has 2 aromatic rings. The average molecular weight is 345 g/mol. The zero-order valence-electron chi connectivity index (χ0n) is 12.1. The van der Waals surface area contributed by atoms with Crippen molar-refractivity contribution < 1.29 is 27.1 Å². The molecule has 0 saturated carbocycles. The van der Waals surface area contributed by atoms with Crippen LogP contribution in [0.3, 0.4) is 0 Å². The Balaban J connectivity index is 1.98. The van der Waals surface area contributed by atoms with Gasteiger partial charge in [-0.2, -0.15) is 13.2 Å². The van der Waals surface area contributed by atoms with Crippen LogP contribution in [0.25, 0.3) is 0 Å². The first kappa shape index (κ1) is 16.6. The smallest absolute Gasteiger partial charge is 0.391 e. The van der Waals surface area contributed by atoms with Gasteiger partial charge in [0.15, 0.2) is 11.6 Å². The van der Waals surface area contributed by atoms with E-state index in [1.807, 2.05) is 0 Å². The average Bonchev–Trinajstić information content (AvgIpc) is 2.91. The van der Waals surface area contributed by atoms with Gasteiger partial charge >= 0.3 is 6.18 Å². The first-order valence-corrected chi connectivity index (χ1v) is 7.05. The molecule has 1 fully saturated rings. The molecule has 1 aromatic heterocycles. The van der Waals surface area contributed by atoms with E-state index in [9.17, 15) is 27.1 Å². The number of rotatable bonds is 2. The Bertz CT molecular complexity index is 752. The highest BCUT2D eigenvalue weighted by Crippen LogP contribution is 2.36. The lowest BCUT2D eigenvalue weighted by molar-refractivity contribution is -0.141. The maximum Gasteiger partial charge on any atom is 0.433 e. The number of hydrogen-bond donors (Lipinski definition) is 1. The number of β-amino-alcohol motifs (C(OH)–C–C–N with tert-alkyl or cyclic N) is 1. The van der Waals surface area contributed by atoms with E-state index in [0.29, 0.717) is 5.56 Å². The molecule has 0 amide bonds. The molecule has 1 N–H and O–H groups in total. The van der Waals surface area contributed by atoms with E-state index in [4.69, 9.17) is 0 Å². The van der Waals surface area contributed by atoms with Gasteiger partial charge in [-0.3, -0.25) is 0 Å². The normalized spacial score (nSPS) is 21.3. The van der Waals surface area contributed by atoms with Crippen molar-refractivity contribution in [1.29, 1.82) is 0 Å². The predicted octanol–water partition coefficient (Wildman–Crippen LogP) is 3.09. The summed E-state index contributed by atoms with van der Waals surface area (Å²) in [5, 5.41) is 9.86. The number of benzene rings is 1. The zero-order chi connectivity index (χ0) is 17.5. The van der Waals surface area contributed by atoms with Crippen molar-refractivity contribution in [1.82, 2.24) is 9.97 Å². The van der Waals surface area contributed by atoms with Gasteiger partial charge in [0.1, 0.15) is 5.69 Å². The molecular formula is C15H12F5N3O. The number of halogens is 5. The number of aromatic nitrogens is 2. The molecule has 0 spiro atoms. The molecular weight excluding hydrogens is 333 g/mol. The van der Waals surface area contributed by atoms with Crippen LogP contribution in [0.5, 0.6) is 0 Å². The summed E-state index contributed by atoms with van der Waals surface area (Å²) < 4.78 is 64.9. The molecule has 2 heterocycles. The second-order valence-corrected chi connectivity index (χ2v) is 5.47. The summed E-state index contributed by atoms with van der Waals surface area (Å²) in [6, 6.07) is 3.29. The molecule has 24 heavy (non-hydrogen) atoms. The van der Waals surface area contributed by atoms with E-state index in [2.05, 4.69) is 9.97 Å². The molecule has 4 nitrogen and oxygen atoms in total. The number of anilines is 1. The van der Waals surface area contributed by atoms with Crippen LogP contribution in [0.1, 0.15) is 23.7 Å². The lowest BCUT2D eigenvalue weighted by Gasteiger charge is -2.25. The van der Waals surface area contributed by atoms with Crippen molar-refractivity contribution in [3.8, 4) is 0 Å². The topological polar surface area (TPSA) is 49.2 Å². The monoisotopic (exact) mass is 345 g/mol. The lowest BCUT2D eigenvalue weighted by Crippen LogP contribution is -2.27. The number of nitrogens with zero attached hydrogens (tertiary/aromatic N) is 3. The van der Waals surface area contributed by atoms with Crippen molar-refractivity contribution in [3.63, 3.8) is 0 Å². The van der Waals surface area contributed by atoms with Crippen molar-refractivity contribution >= 4 is 5.95 Å². The molecule has 1 aliphatic rings. The van der Waals surface area contributed by atoms with Gasteiger partial charge in [0.2, 0.25) is 5.95 Å². The van der Waals surface area contributed by atoms with Crippen LogP contribution < -0.4 is 4.90 Å². The minimum absolute atomic E-state index is 0.00896. The van der Waals surface area contributed by atoms with Crippen LogP contribution in [-0.4, -0.2) is 27.7 Å². The fourth-order valence-electron chi connectivity index (χ4n) is 2.72. The van der Waals surface area contributed by atoms with Crippen molar-refractivity contribution in [3.05, 3.63) is 53.4 Å². The molecule has 128 valence electrons. The van der Waals surface area contributed by atoms with Gasteiger partial charge < -0.3 is 10.0 Å². The number of alkyl halides is 3. The summed E-state index contributed by atoms with van der Waals surface area (Å²) in [5.41, 5.74) is -0.788. The summed E-state index contributed by atoms with van der Waals surface area (Å²) in [7, 11) is 0. The van der Waals surface area contributed by atoms with E-state index in [0.717, 1.165) is 24.4 Å². The molecule has 1 aromatic carbocycles. The molecule has 0 aliphatic carbocycles. The maximum atomic E-state index is 13.4. The molecule has 0 bridgehead atoms. The quantitative estimate of drug-likeness (QED) is 0.850. The lowest BCUT2D eigenvalue weighted by atomic mass is 10.0. The summed E-state index contributed by atoms with van der Waals surface area (Å²) in [6.45, 7) is -0.00896. The van der Waals surface area contributed by atoms with Gasteiger partial charge in [-0.05, 0) is 30.2 Å². The Morgan fingerprint density at radius 3 is 2.54 bits per heavy atom. The summed E-state index contributed by atoms with van der Waals surface area (Å²) in [4.78, 5) is 8.66. The van der Waals surface area contributed by atoms with E-state index in [1.165, 1.54) is 11.0 Å².